The van der Waals surface area contributed by atoms with Crippen LogP contribution in [-0.2, 0) is 26.6 Å². The third-order valence-electron chi connectivity index (χ3n) is 8.23. The largest absolute Gasteiger partial charge is 0.491 e. The number of carbonyl (C=O) groups excluding carboxylic acids is 1. The van der Waals surface area contributed by atoms with Gasteiger partial charge in [-0.2, -0.15) is 5.10 Å². The zero-order valence-electron chi connectivity index (χ0n) is 25.8. The number of aromatic nitrogens is 3. The smallest absolute Gasteiger partial charge is 0.224 e. The molecule has 0 saturated carbocycles. The van der Waals surface area contributed by atoms with Crippen molar-refractivity contribution in [2.75, 3.05) is 54.5 Å². The molecule has 2 aliphatic heterocycles. The van der Waals surface area contributed by atoms with Crippen molar-refractivity contribution in [1.29, 1.82) is 0 Å². The van der Waals surface area contributed by atoms with Gasteiger partial charge in [-0.1, -0.05) is 42.6 Å². The standard InChI is InChI=1S/C34H38Cl2N6O4/c1-2-3-4-33(43)39-26-6-8-27(9-7-26)40-15-17-41(18-16-40)28-10-12-29(13-11-28)44-20-30-21-45-34(46-30,22-42-24-37-23-38-42)31-14-5-25(35)19-32(31)36/h5-14,19,23-24,30H,2-4,15-18,20-22H2,1H3,(H,39,43)/t30-,34-/m1/s1. The van der Waals surface area contributed by atoms with Crippen LogP contribution in [0.5, 0.6) is 5.75 Å². The molecule has 242 valence electrons. The van der Waals surface area contributed by atoms with E-state index in [4.69, 9.17) is 37.4 Å². The van der Waals surface area contributed by atoms with Crippen molar-refractivity contribution in [2.45, 2.75) is 44.6 Å². The predicted octanol–water partition coefficient (Wildman–Crippen LogP) is 6.39. The molecule has 0 bridgehead atoms. The maximum Gasteiger partial charge on any atom is 0.224 e. The van der Waals surface area contributed by atoms with Gasteiger partial charge in [0.15, 0.2) is 0 Å². The molecule has 0 radical (unpaired) electrons. The van der Waals surface area contributed by atoms with Crippen molar-refractivity contribution >= 4 is 46.2 Å². The summed E-state index contributed by atoms with van der Waals surface area (Å²) in [7, 11) is 0. The van der Waals surface area contributed by atoms with E-state index < -0.39 is 5.79 Å². The summed E-state index contributed by atoms with van der Waals surface area (Å²) in [6.07, 6.45) is 5.23. The molecule has 2 atom stereocenters. The van der Waals surface area contributed by atoms with Crippen molar-refractivity contribution in [3.05, 3.63) is 95.0 Å². The second-order valence-electron chi connectivity index (χ2n) is 11.5. The Kier molecular flexibility index (Phi) is 10.3. The normalized spacial score (nSPS) is 19.8. The maximum absolute atomic E-state index is 12.0. The Morgan fingerprint density at radius 3 is 2.33 bits per heavy atom. The van der Waals surface area contributed by atoms with Gasteiger partial charge in [0.25, 0.3) is 0 Å². The lowest BCUT2D eigenvalue weighted by Crippen LogP contribution is -2.46. The molecule has 6 rings (SSSR count). The second-order valence-corrected chi connectivity index (χ2v) is 12.3. The highest BCUT2D eigenvalue weighted by molar-refractivity contribution is 6.35. The lowest BCUT2D eigenvalue weighted by molar-refractivity contribution is -0.190. The molecular formula is C34H38Cl2N6O4. The van der Waals surface area contributed by atoms with Crippen LogP contribution in [0.2, 0.25) is 10.0 Å². The summed E-state index contributed by atoms with van der Waals surface area (Å²) in [6, 6.07) is 21.5. The van der Waals surface area contributed by atoms with Crippen LogP contribution >= 0.6 is 23.2 Å². The first-order valence-electron chi connectivity index (χ1n) is 15.6. The summed E-state index contributed by atoms with van der Waals surface area (Å²) >= 11 is 12.7. The second kappa shape index (κ2) is 14.7. The number of nitrogens with zero attached hydrogens (tertiary/aromatic N) is 5. The molecule has 2 fully saturated rings. The third-order valence-corrected chi connectivity index (χ3v) is 8.78. The Morgan fingerprint density at radius 2 is 1.70 bits per heavy atom. The van der Waals surface area contributed by atoms with Crippen LogP contribution in [0.3, 0.4) is 0 Å². The van der Waals surface area contributed by atoms with Crippen molar-refractivity contribution < 1.29 is 19.0 Å². The summed E-state index contributed by atoms with van der Waals surface area (Å²) in [4.78, 5) is 20.8. The molecule has 1 N–H and O–H groups in total. The van der Waals surface area contributed by atoms with Gasteiger partial charge in [0.1, 0.15) is 37.7 Å². The first kappa shape index (κ1) is 32.1. The molecule has 3 heterocycles. The fourth-order valence-corrected chi connectivity index (χ4v) is 6.32. The van der Waals surface area contributed by atoms with Crippen molar-refractivity contribution in [3.63, 3.8) is 0 Å². The monoisotopic (exact) mass is 664 g/mol. The fraction of sp³-hybridized carbons (Fsp3) is 0.382. The van der Waals surface area contributed by atoms with Gasteiger partial charge in [0.2, 0.25) is 11.7 Å². The summed E-state index contributed by atoms with van der Waals surface area (Å²) in [6.45, 7) is 6.63. The summed E-state index contributed by atoms with van der Waals surface area (Å²) in [5.41, 5.74) is 3.83. The predicted molar refractivity (Wildman–Crippen MR) is 180 cm³/mol. The van der Waals surface area contributed by atoms with Crippen LogP contribution in [-0.4, -0.2) is 66.2 Å². The average Bonchev–Trinajstić information content (AvgIpc) is 3.74. The minimum absolute atomic E-state index is 0.0708. The number of hydrogen-bond acceptors (Lipinski definition) is 8. The highest BCUT2D eigenvalue weighted by Crippen LogP contribution is 2.40. The molecule has 3 aromatic carbocycles. The van der Waals surface area contributed by atoms with Gasteiger partial charge in [0, 0.05) is 60.2 Å². The Balaban J connectivity index is 0.999. The number of ether oxygens (including phenoxy) is 3. The van der Waals surface area contributed by atoms with E-state index in [1.807, 2.05) is 30.3 Å². The molecule has 1 amide bonds. The molecular weight excluding hydrogens is 627 g/mol. The molecule has 2 aliphatic rings. The molecule has 2 saturated heterocycles. The van der Waals surface area contributed by atoms with E-state index >= 15 is 0 Å². The van der Waals surface area contributed by atoms with Crippen LogP contribution in [0.1, 0.15) is 31.7 Å². The minimum Gasteiger partial charge on any atom is -0.491 e. The number of anilines is 3. The van der Waals surface area contributed by atoms with Gasteiger partial charge in [0.05, 0.1) is 11.6 Å². The molecule has 0 spiro atoms. The van der Waals surface area contributed by atoms with E-state index in [0.717, 1.165) is 61.8 Å². The molecule has 0 unspecified atom stereocenters. The summed E-state index contributed by atoms with van der Waals surface area (Å²) in [5.74, 6) is -0.325. The van der Waals surface area contributed by atoms with Crippen LogP contribution in [0.15, 0.2) is 79.4 Å². The fourth-order valence-electron chi connectivity index (χ4n) is 5.76. The number of rotatable bonds is 12. The van der Waals surface area contributed by atoms with Gasteiger partial charge in [-0.15, -0.1) is 0 Å². The molecule has 46 heavy (non-hydrogen) atoms. The number of unbranched alkanes of at least 4 members (excludes halogenated alkanes) is 1. The van der Waals surface area contributed by atoms with E-state index in [0.29, 0.717) is 35.2 Å². The zero-order chi connectivity index (χ0) is 31.9. The lowest BCUT2D eigenvalue weighted by Gasteiger charge is -2.37. The van der Waals surface area contributed by atoms with E-state index in [-0.39, 0.29) is 18.6 Å². The van der Waals surface area contributed by atoms with Gasteiger partial charge >= 0.3 is 0 Å². The highest BCUT2D eigenvalue weighted by Gasteiger charge is 2.45. The number of benzene rings is 3. The number of carbonyl (C=O) groups is 1. The molecule has 1 aromatic heterocycles. The van der Waals surface area contributed by atoms with E-state index in [1.54, 1.807) is 23.1 Å². The van der Waals surface area contributed by atoms with E-state index in [1.165, 1.54) is 6.33 Å². The first-order valence-corrected chi connectivity index (χ1v) is 16.4. The van der Waals surface area contributed by atoms with Gasteiger partial charge in [-0.05, 0) is 67.1 Å². The Bertz CT molecular complexity index is 1580. The topological polar surface area (TPSA) is 94.0 Å². The zero-order valence-corrected chi connectivity index (χ0v) is 27.3. The number of amides is 1. The Labute approximate surface area is 279 Å². The SMILES string of the molecule is CCCCC(=O)Nc1ccc(N2CCN(c3ccc(OC[C@@H]4CO[C@@](Cn5cncn5)(c5ccc(Cl)cc5Cl)O4)cc3)CC2)cc1. The molecule has 10 nitrogen and oxygen atoms in total. The first-order chi connectivity index (χ1) is 22.4. The third kappa shape index (κ3) is 7.75. The van der Waals surface area contributed by atoms with Gasteiger partial charge < -0.3 is 29.3 Å². The summed E-state index contributed by atoms with van der Waals surface area (Å²) < 4.78 is 20.5. The number of halogens is 2. The highest BCUT2D eigenvalue weighted by atomic mass is 35.5. The molecule has 4 aromatic rings. The quantitative estimate of drug-likeness (QED) is 0.186. The van der Waals surface area contributed by atoms with Crippen LogP contribution in [0.25, 0.3) is 0 Å². The average molecular weight is 666 g/mol. The van der Waals surface area contributed by atoms with Crippen LogP contribution < -0.4 is 19.9 Å². The molecule has 0 aliphatic carbocycles. The minimum atomic E-state index is -1.15. The number of nitrogens with one attached hydrogen (secondary N) is 1. The number of hydrogen-bond donors (Lipinski definition) is 1. The van der Waals surface area contributed by atoms with Gasteiger partial charge in [-0.3, -0.25) is 4.79 Å². The van der Waals surface area contributed by atoms with Crippen LogP contribution in [0.4, 0.5) is 17.1 Å². The number of piperazine rings is 1. The molecule has 12 heteroatoms. The van der Waals surface area contributed by atoms with Crippen LogP contribution in [0, 0.1) is 0 Å². The maximum atomic E-state index is 12.0. The Hall–Kier alpha value is -3.83. The summed E-state index contributed by atoms with van der Waals surface area (Å²) in [5, 5.41) is 8.19. The Morgan fingerprint density at radius 1 is 1.00 bits per heavy atom. The lowest BCUT2D eigenvalue weighted by atomic mass is 10.1. The van der Waals surface area contributed by atoms with Gasteiger partial charge in [-0.25, -0.2) is 9.67 Å². The van der Waals surface area contributed by atoms with E-state index in [9.17, 15) is 4.79 Å². The van der Waals surface area contributed by atoms with Crippen molar-refractivity contribution in [3.8, 4) is 5.75 Å². The van der Waals surface area contributed by atoms with E-state index in [2.05, 4.69) is 56.4 Å². The van der Waals surface area contributed by atoms with Crippen molar-refractivity contribution in [2.24, 2.45) is 0 Å². The van der Waals surface area contributed by atoms with Crippen molar-refractivity contribution in [1.82, 2.24) is 14.8 Å².